The lowest BCUT2D eigenvalue weighted by molar-refractivity contribution is -0.135. The highest BCUT2D eigenvalue weighted by atomic mass is 16.5. The summed E-state index contributed by atoms with van der Waals surface area (Å²) >= 11 is 0. The molecule has 7 nitrogen and oxygen atoms in total. The molecule has 2 N–H and O–H groups in total. The lowest BCUT2D eigenvalue weighted by Crippen LogP contribution is -2.15. The van der Waals surface area contributed by atoms with Crippen LogP contribution in [0.2, 0.25) is 0 Å². The van der Waals surface area contributed by atoms with Crippen molar-refractivity contribution in [1.82, 2.24) is 0 Å². The van der Waals surface area contributed by atoms with Gasteiger partial charge in [0.25, 0.3) is 0 Å². The summed E-state index contributed by atoms with van der Waals surface area (Å²) in [5, 5.41) is 6.57. The first-order valence-electron chi connectivity index (χ1n) is 8.12. The Hall–Kier alpha value is -3.35. The topological polar surface area (TPSA) is 89.0 Å². The number of hydrogen-bond acceptors (Lipinski definition) is 6. The van der Waals surface area contributed by atoms with Crippen molar-refractivity contribution in [1.29, 1.82) is 0 Å². The van der Waals surface area contributed by atoms with Gasteiger partial charge in [0.15, 0.2) is 0 Å². The third kappa shape index (κ3) is 5.62. The number of carbonyl (C=O) groups excluding carboxylic acids is 2. The second kappa shape index (κ2) is 9.83. The summed E-state index contributed by atoms with van der Waals surface area (Å²) < 4.78 is 10.6. The van der Waals surface area contributed by atoms with Gasteiger partial charge in [-0.3, -0.25) is 10.2 Å². The lowest BCUT2D eigenvalue weighted by Gasteiger charge is -2.12. The Bertz CT molecular complexity index is 776. The zero-order valence-electron chi connectivity index (χ0n) is 14.7. The van der Waals surface area contributed by atoms with Crippen molar-refractivity contribution in [2.24, 2.45) is 5.10 Å². The molecule has 0 heterocycles. The first kappa shape index (κ1) is 19.0. The Morgan fingerprint density at radius 3 is 2.65 bits per heavy atom. The zero-order valence-corrected chi connectivity index (χ0v) is 14.7. The highest BCUT2D eigenvalue weighted by Crippen LogP contribution is 2.28. The number of esters is 1. The van der Waals surface area contributed by atoms with Crippen molar-refractivity contribution < 1.29 is 19.1 Å². The minimum absolute atomic E-state index is 0.196. The molecule has 0 aliphatic rings. The van der Waals surface area contributed by atoms with Crippen molar-refractivity contribution in [2.75, 3.05) is 17.3 Å². The largest absolute Gasteiger partial charge is 0.487 e. The molecule has 0 aromatic heterocycles. The van der Waals surface area contributed by atoms with Crippen molar-refractivity contribution in [2.45, 2.75) is 20.5 Å². The molecule has 2 aromatic carbocycles. The Morgan fingerprint density at radius 1 is 1.19 bits per heavy atom. The SMILES string of the molecule is CCOC(=O)C(C)=NNc1ccc(OCc2ccccc2)c(NC=O)c1. The summed E-state index contributed by atoms with van der Waals surface area (Å²) in [4.78, 5) is 22.4. The summed E-state index contributed by atoms with van der Waals surface area (Å²) in [7, 11) is 0. The average molecular weight is 355 g/mol. The average Bonchev–Trinajstić information content (AvgIpc) is 2.66. The molecule has 0 radical (unpaired) electrons. The monoisotopic (exact) mass is 355 g/mol. The maximum absolute atomic E-state index is 11.5. The summed E-state index contributed by atoms with van der Waals surface area (Å²) in [6.07, 6.45) is 0.571. The fraction of sp³-hybridized carbons (Fsp3) is 0.211. The number of benzene rings is 2. The minimum Gasteiger partial charge on any atom is -0.487 e. The highest BCUT2D eigenvalue weighted by Gasteiger charge is 2.08. The molecule has 0 bridgehead atoms. The first-order valence-corrected chi connectivity index (χ1v) is 8.12. The van der Waals surface area contributed by atoms with Gasteiger partial charge in [0.1, 0.15) is 18.1 Å². The molecule has 0 saturated carbocycles. The van der Waals surface area contributed by atoms with Crippen molar-refractivity contribution >= 4 is 29.5 Å². The van der Waals surface area contributed by atoms with E-state index in [0.717, 1.165) is 5.56 Å². The molecule has 0 atom stereocenters. The Kier molecular flexibility index (Phi) is 7.17. The number of amides is 1. The predicted octanol–water partition coefficient (Wildman–Crippen LogP) is 3.18. The Morgan fingerprint density at radius 2 is 1.96 bits per heavy atom. The highest BCUT2D eigenvalue weighted by molar-refractivity contribution is 6.35. The van der Waals surface area contributed by atoms with Crippen LogP contribution in [0.3, 0.4) is 0 Å². The van der Waals surface area contributed by atoms with E-state index in [0.29, 0.717) is 30.1 Å². The van der Waals surface area contributed by atoms with Crippen molar-refractivity contribution in [3.8, 4) is 5.75 Å². The van der Waals surface area contributed by atoms with E-state index in [1.54, 1.807) is 32.0 Å². The molecule has 7 heteroatoms. The molecule has 0 fully saturated rings. The standard InChI is InChI=1S/C19H21N3O4/c1-3-25-19(24)14(2)21-22-16-9-10-18(17(11-16)20-13-23)26-12-15-7-5-4-6-8-15/h4-11,13,22H,3,12H2,1-2H3,(H,20,23). The second-order valence-electron chi connectivity index (χ2n) is 5.28. The minimum atomic E-state index is -0.492. The Balaban J connectivity index is 2.08. The van der Waals surface area contributed by atoms with Gasteiger partial charge in [-0.25, -0.2) is 4.79 Å². The van der Waals surface area contributed by atoms with Gasteiger partial charge in [0, 0.05) is 0 Å². The fourth-order valence-corrected chi connectivity index (χ4v) is 2.07. The molecule has 0 unspecified atom stereocenters. The van der Waals surface area contributed by atoms with Gasteiger partial charge in [-0.1, -0.05) is 30.3 Å². The third-order valence-electron chi connectivity index (χ3n) is 3.35. The second-order valence-corrected chi connectivity index (χ2v) is 5.28. The van der Waals surface area contributed by atoms with Crippen LogP contribution in [0.4, 0.5) is 11.4 Å². The van der Waals surface area contributed by atoms with Gasteiger partial charge in [-0.2, -0.15) is 5.10 Å². The number of hydrogen-bond donors (Lipinski definition) is 2. The molecule has 136 valence electrons. The summed E-state index contributed by atoms with van der Waals surface area (Å²) in [6, 6.07) is 14.8. The smallest absolute Gasteiger partial charge is 0.354 e. The van der Waals surface area contributed by atoms with E-state index in [4.69, 9.17) is 9.47 Å². The van der Waals surface area contributed by atoms with Crippen molar-refractivity contribution in [3.05, 3.63) is 54.1 Å². The van der Waals surface area contributed by atoms with Crippen LogP contribution < -0.4 is 15.5 Å². The van der Waals surface area contributed by atoms with Gasteiger partial charge >= 0.3 is 5.97 Å². The summed E-state index contributed by atoms with van der Waals surface area (Å²) in [5.41, 5.74) is 5.05. The molecule has 0 saturated heterocycles. The van der Waals surface area contributed by atoms with Crippen LogP contribution in [0.1, 0.15) is 19.4 Å². The maximum Gasteiger partial charge on any atom is 0.354 e. The molecule has 0 spiro atoms. The van der Waals surface area contributed by atoms with E-state index in [9.17, 15) is 9.59 Å². The van der Waals surface area contributed by atoms with Crippen LogP contribution >= 0.6 is 0 Å². The molecule has 1 amide bonds. The molecular formula is C19H21N3O4. The normalized spacial score (nSPS) is 10.8. The van der Waals surface area contributed by atoms with Crippen LogP contribution in [0.5, 0.6) is 5.75 Å². The molecular weight excluding hydrogens is 334 g/mol. The number of hydrazone groups is 1. The maximum atomic E-state index is 11.5. The van der Waals surface area contributed by atoms with Gasteiger partial charge < -0.3 is 14.8 Å². The van der Waals surface area contributed by atoms with Crippen LogP contribution in [0.25, 0.3) is 0 Å². The number of nitrogens with one attached hydrogen (secondary N) is 2. The van der Waals surface area contributed by atoms with E-state index in [2.05, 4.69) is 15.8 Å². The van der Waals surface area contributed by atoms with Gasteiger partial charge in [0.2, 0.25) is 6.41 Å². The van der Waals surface area contributed by atoms with Crippen LogP contribution in [0.15, 0.2) is 53.6 Å². The van der Waals surface area contributed by atoms with E-state index in [1.165, 1.54) is 0 Å². The number of nitrogens with zero attached hydrogens (tertiary/aromatic N) is 1. The van der Waals surface area contributed by atoms with Gasteiger partial charge in [-0.15, -0.1) is 0 Å². The van der Waals surface area contributed by atoms with E-state index in [-0.39, 0.29) is 12.3 Å². The summed E-state index contributed by atoms with van der Waals surface area (Å²) in [6.45, 7) is 3.94. The summed E-state index contributed by atoms with van der Waals surface area (Å²) in [5.74, 6) is 0.0339. The fourth-order valence-electron chi connectivity index (χ4n) is 2.07. The zero-order chi connectivity index (χ0) is 18.8. The van der Waals surface area contributed by atoms with E-state index in [1.807, 2.05) is 30.3 Å². The lowest BCUT2D eigenvalue weighted by atomic mass is 10.2. The third-order valence-corrected chi connectivity index (χ3v) is 3.35. The predicted molar refractivity (Wildman–Crippen MR) is 100 cm³/mol. The first-order chi connectivity index (χ1) is 12.6. The van der Waals surface area contributed by atoms with E-state index >= 15 is 0 Å². The molecule has 0 aliphatic heterocycles. The van der Waals surface area contributed by atoms with Crippen LogP contribution in [-0.2, 0) is 20.9 Å². The Labute approximate surface area is 152 Å². The molecule has 26 heavy (non-hydrogen) atoms. The number of rotatable bonds is 9. The van der Waals surface area contributed by atoms with Gasteiger partial charge in [-0.05, 0) is 37.6 Å². The van der Waals surface area contributed by atoms with E-state index < -0.39 is 5.97 Å². The van der Waals surface area contributed by atoms with Crippen molar-refractivity contribution in [3.63, 3.8) is 0 Å². The van der Waals surface area contributed by atoms with Gasteiger partial charge in [0.05, 0.1) is 18.0 Å². The van der Waals surface area contributed by atoms with Crippen LogP contribution in [-0.4, -0.2) is 24.7 Å². The molecule has 2 aromatic rings. The number of anilines is 2. The quantitative estimate of drug-likeness (QED) is 0.312. The molecule has 2 rings (SSSR count). The van der Waals surface area contributed by atoms with Crippen LogP contribution in [0, 0.1) is 0 Å². The number of ether oxygens (including phenoxy) is 2. The molecule has 0 aliphatic carbocycles. The number of carbonyl (C=O) groups is 2.